The summed E-state index contributed by atoms with van der Waals surface area (Å²) in [5.41, 5.74) is -0.0137. The molecule has 0 aliphatic carbocycles. The molecule has 13 heteroatoms. The molecule has 2 aromatic carbocycles. The predicted molar refractivity (Wildman–Crippen MR) is 129 cm³/mol. The van der Waals surface area contributed by atoms with Crippen LogP contribution in [0.25, 0.3) is 11.3 Å². The lowest BCUT2D eigenvalue weighted by Crippen LogP contribution is -2.61. The number of rotatable bonds is 9. The maximum atomic E-state index is 13.9. The molecule has 3 aromatic rings. The third kappa shape index (κ3) is 5.86. The van der Waals surface area contributed by atoms with Gasteiger partial charge in [-0.3, -0.25) is 0 Å². The van der Waals surface area contributed by atoms with Crippen LogP contribution < -0.4 is 0 Å². The van der Waals surface area contributed by atoms with E-state index in [-0.39, 0.29) is 17.9 Å². The summed E-state index contributed by atoms with van der Waals surface area (Å²) in [6, 6.07) is 5.83. The van der Waals surface area contributed by atoms with E-state index < -0.39 is 80.6 Å². The van der Waals surface area contributed by atoms with Crippen molar-refractivity contribution in [3.63, 3.8) is 0 Å². The number of methoxy groups -OCH3 is 1. The minimum atomic E-state index is -3.20. The largest absolute Gasteiger partial charge is 0.394 e. The van der Waals surface area contributed by atoms with Crippen molar-refractivity contribution in [2.75, 3.05) is 13.6 Å². The zero-order valence-electron chi connectivity index (χ0n) is 25.4. The summed E-state index contributed by atoms with van der Waals surface area (Å²) in [5, 5.41) is 40.1. The van der Waals surface area contributed by atoms with E-state index in [0.29, 0.717) is 22.7 Å². The van der Waals surface area contributed by atoms with Gasteiger partial charge in [0.2, 0.25) is 0 Å². The topological polar surface area (TPSA) is 119 Å². The zero-order chi connectivity index (χ0) is 32.6. The van der Waals surface area contributed by atoms with Crippen LogP contribution in [0, 0.1) is 17.5 Å². The Morgan fingerprint density at radius 1 is 1.21 bits per heavy atom. The van der Waals surface area contributed by atoms with Crippen LogP contribution in [0.4, 0.5) is 13.2 Å². The smallest absolute Gasteiger partial charge is 0.194 e. The van der Waals surface area contributed by atoms with E-state index in [4.69, 9.17) is 34.0 Å². The first-order valence-corrected chi connectivity index (χ1v) is 11.6. The Balaban J connectivity index is 1.79. The summed E-state index contributed by atoms with van der Waals surface area (Å²) in [7, 11) is -3.20. The molecule has 1 saturated heterocycles. The maximum absolute atomic E-state index is 13.9. The van der Waals surface area contributed by atoms with Gasteiger partial charge in [-0.2, -0.15) is 0 Å². The summed E-state index contributed by atoms with van der Waals surface area (Å²) < 4.78 is 106. The number of halogens is 4. The number of aromatic nitrogens is 3. The molecule has 7 atom stereocenters. The number of aliphatic hydroxyl groups excluding tert-OH is 3. The van der Waals surface area contributed by atoms with Crippen LogP contribution in [0.15, 0.2) is 42.6 Å². The Morgan fingerprint density at radius 2 is 1.92 bits per heavy atom. The molecule has 1 aromatic heterocycles. The number of nitrogens with zero attached hydrogens (tertiary/aromatic N) is 3. The molecule has 0 spiro atoms. The van der Waals surface area contributed by atoms with E-state index in [9.17, 15) is 28.5 Å². The molecule has 3 N–H and O–H groups in total. The average Bonchev–Trinajstić information content (AvgIpc) is 3.42. The number of ether oxygens (including phenoxy) is 3. The van der Waals surface area contributed by atoms with Crippen LogP contribution in [-0.2, 0) is 20.8 Å². The molecule has 206 valence electrons. The summed E-state index contributed by atoms with van der Waals surface area (Å²) in [4.78, 5) is 0. The molecule has 1 aliphatic heterocycles. The van der Waals surface area contributed by atoms with Gasteiger partial charge in [-0.1, -0.05) is 28.9 Å². The number of aliphatic hydroxyl groups is 3. The zero-order valence-corrected chi connectivity index (χ0v) is 20.2. The van der Waals surface area contributed by atoms with E-state index in [1.165, 1.54) is 12.1 Å². The van der Waals surface area contributed by atoms with Gasteiger partial charge in [0.05, 0.1) is 29.6 Å². The van der Waals surface area contributed by atoms with Crippen molar-refractivity contribution in [3.05, 3.63) is 70.6 Å². The summed E-state index contributed by atoms with van der Waals surface area (Å²) in [5.74, 6) is -4.77. The lowest BCUT2D eigenvalue weighted by Gasteiger charge is -2.46. The average molecular weight is 564 g/mol. The second-order valence-electron chi connectivity index (χ2n) is 8.57. The van der Waals surface area contributed by atoms with Gasteiger partial charge in [-0.25, -0.2) is 17.9 Å². The Bertz CT molecular complexity index is 1410. The van der Waals surface area contributed by atoms with Gasteiger partial charge >= 0.3 is 0 Å². The fourth-order valence-corrected chi connectivity index (χ4v) is 4.35. The standard InChI is InChI=1S/C25H27ClF3N3O6/c1-12(34)23(37-11-13-3-5-15(26)6-4-13)25-24(36-2)21(22(35)19(10-33)38-25)32-9-18(30-31-32)14-7-16(27)20(29)17(28)8-14/h3-9,12,19,21-25,33-35H,10-11H2,1-2H3/t12-,19?,21+,22+,23-,24?,25+/m1/s1/i1D3,2D3. The molecule has 1 aliphatic rings. The third-order valence-corrected chi connectivity index (χ3v) is 6.38. The molecular weight excluding hydrogens is 531 g/mol. The van der Waals surface area contributed by atoms with Gasteiger partial charge in [0.25, 0.3) is 0 Å². The fraction of sp³-hybridized carbons (Fsp3) is 0.440. The van der Waals surface area contributed by atoms with Gasteiger partial charge in [0.15, 0.2) is 17.5 Å². The monoisotopic (exact) mass is 563 g/mol. The molecule has 0 saturated carbocycles. The molecule has 1 fully saturated rings. The summed E-state index contributed by atoms with van der Waals surface area (Å²) in [6.07, 6.45) is -10.1. The lowest BCUT2D eigenvalue weighted by molar-refractivity contribution is -0.253. The Morgan fingerprint density at radius 3 is 2.55 bits per heavy atom. The SMILES string of the molecule is [2H]C([2H])([2H])OC1[C@H]([C@H](OCc2ccc(Cl)cc2)[C@H](O)C([2H])([2H])[2H])OC(CO)[C@H](O)[C@@H]1n1cc(-c2cc(F)c(F)c(F)c2)nn1. The second-order valence-corrected chi connectivity index (χ2v) is 9.01. The van der Waals surface area contributed by atoms with Crippen LogP contribution in [0.2, 0.25) is 5.02 Å². The van der Waals surface area contributed by atoms with Crippen molar-refractivity contribution < 1.29 is 50.9 Å². The van der Waals surface area contributed by atoms with Crippen molar-refractivity contribution in [2.45, 2.75) is 56.1 Å². The van der Waals surface area contributed by atoms with Crippen molar-refractivity contribution in [2.24, 2.45) is 0 Å². The van der Waals surface area contributed by atoms with Gasteiger partial charge in [-0.15, -0.1) is 5.10 Å². The highest BCUT2D eigenvalue weighted by atomic mass is 35.5. The van der Waals surface area contributed by atoms with Crippen LogP contribution >= 0.6 is 11.6 Å². The van der Waals surface area contributed by atoms with Crippen LogP contribution in [0.1, 0.15) is 26.7 Å². The molecule has 0 radical (unpaired) electrons. The molecule has 4 rings (SSSR count). The second kappa shape index (κ2) is 12.1. The van der Waals surface area contributed by atoms with Crippen LogP contribution in [0.5, 0.6) is 0 Å². The number of benzene rings is 2. The molecule has 9 nitrogen and oxygen atoms in total. The summed E-state index contributed by atoms with van der Waals surface area (Å²) >= 11 is 5.91. The van der Waals surface area contributed by atoms with E-state index in [0.717, 1.165) is 10.9 Å². The normalized spacial score (nSPS) is 28.3. The fourth-order valence-electron chi connectivity index (χ4n) is 4.22. The first kappa shape index (κ1) is 21.3. The molecular formula is C25H27ClF3N3O6. The molecule has 0 bridgehead atoms. The van der Waals surface area contributed by atoms with Crippen LogP contribution in [0.3, 0.4) is 0 Å². The predicted octanol–water partition coefficient (Wildman–Crippen LogP) is 2.66. The molecule has 0 amide bonds. The highest BCUT2D eigenvalue weighted by Gasteiger charge is 2.51. The highest BCUT2D eigenvalue weighted by Crippen LogP contribution is 2.35. The van der Waals surface area contributed by atoms with Crippen molar-refractivity contribution >= 4 is 11.6 Å². The Labute approximate surface area is 229 Å². The van der Waals surface area contributed by atoms with Crippen molar-refractivity contribution in [1.82, 2.24) is 15.0 Å². The molecule has 38 heavy (non-hydrogen) atoms. The highest BCUT2D eigenvalue weighted by molar-refractivity contribution is 6.30. The van der Waals surface area contributed by atoms with E-state index >= 15 is 0 Å². The van der Waals surface area contributed by atoms with Gasteiger partial charge < -0.3 is 29.5 Å². The third-order valence-electron chi connectivity index (χ3n) is 6.13. The van der Waals surface area contributed by atoms with Crippen molar-refractivity contribution in [3.8, 4) is 11.3 Å². The maximum Gasteiger partial charge on any atom is 0.194 e. The molecule has 2 unspecified atom stereocenters. The first-order chi connectivity index (χ1) is 20.5. The van der Waals surface area contributed by atoms with Gasteiger partial charge in [0.1, 0.15) is 42.3 Å². The van der Waals surface area contributed by atoms with Gasteiger partial charge in [0, 0.05) is 21.7 Å². The minimum absolute atomic E-state index is 0.232. The summed E-state index contributed by atoms with van der Waals surface area (Å²) in [6.45, 7) is -4.28. The van der Waals surface area contributed by atoms with E-state index in [2.05, 4.69) is 10.3 Å². The molecule has 2 heterocycles. The van der Waals surface area contributed by atoms with Gasteiger partial charge in [-0.05, 0) is 36.7 Å². The number of hydrogen-bond donors (Lipinski definition) is 3. The minimum Gasteiger partial charge on any atom is -0.394 e. The van der Waals surface area contributed by atoms with Crippen LogP contribution in [-0.4, -0.2) is 80.6 Å². The van der Waals surface area contributed by atoms with Crippen molar-refractivity contribution in [1.29, 1.82) is 0 Å². The van der Waals surface area contributed by atoms with E-state index in [1.54, 1.807) is 12.1 Å². The first-order valence-electron chi connectivity index (χ1n) is 14.2. The quantitative estimate of drug-likeness (QED) is 0.340. The number of hydrogen-bond acceptors (Lipinski definition) is 8. The lowest BCUT2D eigenvalue weighted by atomic mass is 9.88. The Kier molecular flexibility index (Phi) is 6.76. The Hall–Kier alpha value is -2.58. The van der Waals surface area contributed by atoms with E-state index in [1.807, 2.05) is 0 Å².